The van der Waals surface area contributed by atoms with Crippen molar-refractivity contribution in [3.63, 3.8) is 0 Å². The summed E-state index contributed by atoms with van der Waals surface area (Å²) >= 11 is 1.37. The van der Waals surface area contributed by atoms with Crippen LogP contribution in [0.3, 0.4) is 0 Å². The van der Waals surface area contributed by atoms with Crippen LogP contribution in [0.1, 0.15) is 23.0 Å². The summed E-state index contributed by atoms with van der Waals surface area (Å²) in [5, 5.41) is 4.50. The summed E-state index contributed by atoms with van der Waals surface area (Å²) in [4.78, 5) is 26.2. The van der Waals surface area contributed by atoms with Gasteiger partial charge in [0.1, 0.15) is 0 Å². The quantitative estimate of drug-likeness (QED) is 0.852. The molecule has 0 aliphatic carbocycles. The molecule has 2 unspecified atom stereocenters. The minimum atomic E-state index is -0.189. The molecule has 6 heteroatoms. The second kappa shape index (κ2) is 6.16. The molecule has 2 heterocycles. The standard InChI is InChI=1S/C13H19N3O2S/c1-9-5-10(6-14)8-16(9)12(17)7-15-13(18)11-3-2-4-19-11/h2-4,9-10H,5-8,14H2,1H3,(H,15,18). The predicted octanol–water partition coefficient (Wildman–Crippen LogP) is 0.674. The van der Waals surface area contributed by atoms with E-state index in [1.54, 1.807) is 6.07 Å². The lowest BCUT2D eigenvalue weighted by molar-refractivity contribution is -0.130. The van der Waals surface area contributed by atoms with E-state index in [1.165, 1.54) is 11.3 Å². The van der Waals surface area contributed by atoms with Gasteiger partial charge in [-0.05, 0) is 37.3 Å². The Morgan fingerprint density at radius 1 is 1.58 bits per heavy atom. The Labute approximate surface area is 116 Å². The average molecular weight is 281 g/mol. The van der Waals surface area contributed by atoms with Gasteiger partial charge < -0.3 is 16.0 Å². The molecule has 1 aliphatic rings. The van der Waals surface area contributed by atoms with Crippen molar-refractivity contribution in [1.29, 1.82) is 0 Å². The lowest BCUT2D eigenvalue weighted by Crippen LogP contribution is -2.42. The van der Waals surface area contributed by atoms with E-state index in [1.807, 2.05) is 23.3 Å². The molecule has 5 nitrogen and oxygen atoms in total. The fraction of sp³-hybridized carbons (Fsp3) is 0.538. The Kier molecular flexibility index (Phi) is 4.55. The van der Waals surface area contributed by atoms with Crippen LogP contribution in [0.15, 0.2) is 17.5 Å². The highest BCUT2D eigenvalue weighted by molar-refractivity contribution is 7.12. The van der Waals surface area contributed by atoms with Crippen molar-refractivity contribution in [3.8, 4) is 0 Å². The van der Waals surface area contributed by atoms with Crippen molar-refractivity contribution < 1.29 is 9.59 Å². The maximum absolute atomic E-state index is 12.1. The zero-order chi connectivity index (χ0) is 13.8. The van der Waals surface area contributed by atoms with Crippen molar-refractivity contribution >= 4 is 23.2 Å². The Morgan fingerprint density at radius 3 is 2.95 bits per heavy atom. The van der Waals surface area contributed by atoms with Gasteiger partial charge in [-0.3, -0.25) is 9.59 Å². The monoisotopic (exact) mass is 281 g/mol. The molecular weight excluding hydrogens is 262 g/mol. The zero-order valence-electron chi connectivity index (χ0n) is 11.0. The van der Waals surface area contributed by atoms with Gasteiger partial charge in [-0.15, -0.1) is 11.3 Å². The molecule has 1 saturated heterocycles. The third-order valence-electron chi connectivity index (χ3n) is 3.46. The van der Waals surface area contributed by atoms with Gasteiger partial charge in [-0.2, -0.15) is 0 Å². The van der Waals surface area contributed by atoms with Crippen molar-refractivity contribution in [3.05, 3.63) is 22.4 Å². The molecule has 1 aromatic heterocycles. The first kappa shape index (κ1) is 14.0. The van der Waals surface area contributed by atoms with Gasteiger partial charge in [0.05, 0.1) is 11.4 Å². The van der Waals surface area contributed by atoms with Crippen LogP contribution in [0.25, 0.3) is 0 Å². The van der Waals surface area contributed by atoms with Crippen LogP contribution in [0, 0.1) is 5.92 Å². The molecule has 2 atom stereocenters. The van der Waals surface area contributed by atoms with Crippen LogP contribution in [0.2, 0.25) is 0 Å². The summed E-state index contributed by atoms with van der Waals surface area (Å²) in [6, 6.07) is 3.77. The second-order valence-electron chi connectivity index (χ2n) is 4.89. The third kappa shape index (κ3) is 3.33. The van der Waals surface area contributed by atoms with Crippen molar-refractivity contribution in [2.75, 3.05) is 19.6 Å². The number of carbonyl (C=O) groups is 2. The molecule has 0 radical (unpaired) electrons. The fourth-order valence-corrected chi connectivity index (χ4v) is 3.05. The van der Waals surface area contributed by atoms with Gasteiger partial charge in [0.2, 0.25) is 5.91 Å². The van der Waals surface area contributed by atoms with E-state index in [9.17, 15) is 9.59 Å². The van der Waals surface area contributed by atoms with E-state index < -0.39 is 0 Å². The highest BCUT2D eigenvalue weighted by atomic mass is 32.1. The average Bonchev–Trinajstić information content (AvgIpc) is 3.04. The first-order valence-corrected chi connectivity index (χ1v) is 7.31. The minimum Gasteiger partial charge on any atom is -0.342 e. The molecule has 19 heavy (non-hydrogen) atoms. The lowest BCUT2D eigenvalue weighted by atomic mass is 10.1. The molecule has 1 aliphatic heterocycles. The smallest absolute Gasteiger partial charge is 0.261 e. The number of nitrogens with one attached hydrogen (secondary N) is 1. The SMILES string of the molecule is CC1CC(CN)CN1C(=O)CNC(=O)c1cccs1. The number of nitrogens with zero attached hydrogens (tertiary/aromatic N) is 1. The highest BCUT2D eigenvalue weighted by Crippen LogP contribution is 2.21. The van der Waals surface area contributed by atoms with Crippen LogP contribution in [-0.2, 0) is 4.79 Å². The number of nitrogens with two attached hydrogens (primary N) is 1. The van der Waals surface area contributed by atoms with Crippen molar-refractivity contribution in [2.45, 2.75) is 19.4 Å². The van der Waals surface area contributed by atoms with Gasteiger partial charge >= 0.3 is 0 Å². The number of rotatable bonds is 4. The van der Waals surface area contributed by atoms with Crippen molar-refractivity contribution in [2.24, 2.45) is 11.7 Å². The van der Waals surface area contributed by atoms with Gasteiger partial charge in [0, 0.05) is 12.6 Å². The highest BCUT2D eigenvalue weighted by Gasteiger charge is 2.31. The largest absolute Gasteiger partial charge is 0.342 e. The Bertz CT molecular complexity index is 447. The summed E-state index contributed by atoms with van der Waals surface area (Å²) < 4.78 is 0. The van der Waals surface area contributed by atoms with Gasteiger partial charge in [-0.1, -0.05) is 6.07 Å². The normalized spacial score (nSPS) is 22.5. The zero-order valence-corrected chi connectivity index (χ0v) is 11.8. The summed E-state index contributed by atoms with van der Waals surface area (Å²) in [7, 11) is 0. The minimum absolute atomic E-state index is 0.0339. The predicted molar refractivity (Wildman–Crippen MR) is 75.0 cm³/mol. The first-order valence-electron chi connectivity index (χ1n) is 6.43. The van der Waals surface area contributed by atoms with Crippen LogP contribution >= 0.6 is 11.3 Å². The van der Waals surface area contributed by atoms with Crippen LogP contribution < -0.4 is 11.1 Å². The van der Waals surface area contributed by atoms with Crippen molar-refractivity contribution in [1.82, 2.24) is 10.2 Å². The van der Waals surface area contributed by atoms with Crippen LogP contribution in [0.5, 0.6) is 0 Å². The molecule has 0 spiro atoms. The lowest BCUT2D eigenvalue weighted by Gasteiger charge is -2.21. The number of carbonyl (C=O) groups excluding carboxylic acids is 2. The number of hydrogen-bond donors (Lipinski definition) is 2. The summed E-state index contributed by atoms with van der Waals surface area (Å²) in [6.07, 6.45) is 0.946. The van der Waals surface area contributed by atoms with Crippen LogP contribution in [0.4, 0.5) is 0 Å². The van der Waals surface area contributed by atoms with E-state index >= 15 is 0 Å². The maximum atomic E-state index is 12.1. The molecule has 104 valence electrons. The molecule has 1 aromatic rings. The van der Waals surface area contributed by atoms with Crippen LogP contribution in [-0.4, -0.2) is 42.4 Å². The van der Waals surface area contributed by atoms with Gasteiger partial charge in [-0.25, -0.2) is 0 Å². The maximum Gasteiger partial charge on any atom is 0.261 e. The summed E-state index contributed by atoms with van der Waals surface area (Å²) in [5.74, 6) is 0.158. The fourth-order valence-electron chi connectivity index (χ4n) is 2.41. The Hall–Kier alpha value is -1.40. The summed E-state index contributed by atoms with van der Waals surface area (Å²) in [6.45, 7) is 3.38. The molecule has 0 saturated carbocycles. The Balaban J connectivity index is 1.83. The second-order valence-corrected chi connectivity index (χ2v) is 5.84. The van der Waals surface area contributed by atoms with E-state index in [0.717, 1.165) is 6.42 Å². The first-order chi connectivity index (χ1) is 9.11. The number of hydrogen-bond acceptors (Lipinski definition) is 4. The van der Waals surface area contributed by atoms with E-state index in [-0.39, 0.29) is 24.4 Å². The molecule has 2 rings (SSSR count). The Morgan fingerprint density at radius 2 is 2.37 bits per heavy atom. The molecular formula is C13H19N3O2S. The van der Waals surface area contributed by atoms with Gasteiger partial charge in [0.15, 0.2) is 0 Å². The third-order valence-corrected chi connectivity index (χ3v) is 4.33. The molecule has 3 N–H and O–H groups in total. The van der Waals surface area contributed by atoms with Gasteiger partial charge in [0.25, 0.3) is 5.91 Å². The molecule has 0 aromatic carbocycles. The number of thiophene rings is 1. The number of likely N-dealkylation sites (tertiary alicyclic amines) is 1. The summed E-state index contributed by atoms with van der Waals surface area (Å²) in [5.41, 5.74) is 5.64. The molecule has 2 amide bonds. The number of amides is 2. The van der Waals surface area contributed by atoms with E-state index in [0.29, 0.717) is 23.9 Å². The molecule has 0 bridgehead atoms. The van der Waals surface area contributed by atoms with E-state index in [4.69, 9.17) is 5.73 Å². The molecule has 1 fully saturated rings. The van der Waals surface area contributed by atoms with E-state index in [2.05, 4.69) is 5.32 Å². The topological polar surface area (TPSA) is 75.4 Å².